The van der Waals surface area contributed by atoms with Crippen LogP contribution in [0.1, 0.15) is 12.5 Å². The van der Waals surface area contributed by atoms with E-state index in [2.05, 4.69) is 56.6 Å². The number of hydrogen-bond acceptors (Lipinski definition) is 4. The van der Waals surface area contributed by atoms with Crippen molar-refractivity contribution in [3.63, 3.8) is 0 Å². The van der Waals surface area contributed by atoms with E-state index in [1.807, 2.05) is 6.92 Å². The summed E-state index contributed by atoms with van der Waals surface area (Å²) in [7, 11) is 0. The Morgan fingerprint density at radius 1 is 1.10 bits per heavy atom. The molecule has 2 aliphatic heterocycles. The summed E-state index contributed by atoms with van der Waals surface area (Å²) in [4.78, 5) is 20.5. The predicted octanol–water partition coefficient (Wildman–Crippen LogP) is 1.13. The SMILES string of the molecule is CC1=NC(N2CCN(c3ccc(C)cc3)CC2)NC(=O)N1. The zero-order valence-electron chi connectivity index (χ0n) is 12.5. The number of carbonyl (C=O) groups is 1. The van der Waals surface area contributed by atoms with E-state index in [-0.39, 0.29) is 12.3 Å². The molecule has 21 heavy (non-hydrogen) atoms. The van der Waals surface area contributed by atoms with E-state index in [9.17, 15) is 4.79 Å². The van der Waals surface area contributed by atoms with Gasteiger partial charge >= 0.3 is 6.03 Å². The lowest BCUT2D eigenvalue weighted by Gasteiger charge is -2.39. The molecule has 6 heteroatoms. The van der Waals surface area contributed by atoms with Crippen molar-refractivity contribution in [2.45, 2.75) is 20.1 Å². The third-order valence-corrected chi connectivity index (χ3v) is 3.93. The second-order valence-electron chi connectivity index (χ2n) is 5.55. The van der Waals surface area contributed by atoms with Crippen molar-refractivity contribution in [2.24, 2.45) is 4.99 Å². The number of aliphatic imine (C=N–C) groups is 1. The molecular formula is C15H21N5O. The minimum absolute atomic E-state index is 0.173. The number of nitrogens with zero attached hydrogens (tertiary/aromatic N) is 3. The molecule has 1 unspecified atom stereocenters. The Morgan fingerprint density at radius 2 is 1.76 bits per heavy atom. The minimum Gasteiger partial charge on any atom is -0.369 e. The molecule has 1 aromatic rings. The molecule has 0 bridgehead atoms. The lowest BCUT2D eigenvalue weighted by atomic mass is 10.2. The number of piperazine rings is 1. The summed E-state index contributed by atoms with van der Waals surface area (Å²) in [6.07, 6.45) is -0.237. The third-order valence-electron chi connectivity index (χ3n) is 3.93. The fourth-order valence-corrected chi connectivity index (χ4v) is 2.72. The smallest absolute Gasteiger partial charge is 0.322 e. The molecular weight excluding hydrogens is 266 g/mol. The van der Waals surface area contributed by atoms with Crippen LogP contribution in [0.3, 0.4) is 0 Å². The number of anilines is 1. The van der Waals surface area contributed by atoms with Crippen molar-refractivity contribution < 1.29 is 4.79 Å². The first-order valence-corrected chi connectivity index (χ1v) is 7.29. The molecule has 2 amide bonds. The highest BCUT2D eigenvalue weighted by molar-refractivity contribution is 5.97. The molecule has 1 saturated heterocycles. The van der Waals surface area contributed by atoms with Crippen LogP contribution in [-0.2, 0) is 0 Å². The van der Waals surface area contributed by atoms with Gasteiger partial charge in [0.05, 0.1) is 0 Å². The molecule has 2 heterocycles. The maximum atomic E-state index is 11.5. The highest BCUT2D eigenvalue weighted by Gasteiger charge is 2.27. The molecule has 0 aliphatic carbocycles. The molecule has 1 atom stereocenters. The van der Waals surface area contributed by atoms with Crippen molar-refractivity contribution in [2.75, 3.05) is 31.1 Å². The number of carbonyl (C=O) groups excluding carboxylic acids is 1. The number of rotatable bonds is 2. The van der Waals surface area contributed by atoms with E-state index < -0.39 is 0 Å². The monoisotopic (exact) mass is 287 g/mol. The number of nitrogens with one attached hydrogen (secondary N) is 2. The minimum atomic E-state index is -0.237. The highest BCUT2D eigenvalue weighted by Crippen LogP contribution is 2.18. The zero-order chi connectivity index (χ0) is 14.8. The Bertz CT molecular complexity index is 546. The van der Waals surface area contributed by atoms with E-state index in [1.165, 1.54) is 11.3 Å². The van der Waals surface area contributed by atoms with Crippen LogP contribution in [0, 0.1) is 6.92 Å². The van der Waals surface area contributed by atoms with Gasteiger partial charge in [-0.1, -0.05) is 17.7 Å². The molecule has 0 radical (unpaired) electrons. The van der Waals surface area contributed by atoms with Crippen molar-refractivity contribution in [1.82, 2.24) is 15.5 Å². The summed E-state index contributed by atoms with van der Waals surface area (Å²) >= 11 is 0. The maximum Gasteiger partial charge on any atom is 0.322 e. The number of amidine groups is 1. The summed E-state index contributed by atoms with van der Waals surface area (Å²) < 4.78 is 0. The van der Waals surface area contributed by atoms with Gasteiger partial charge in [0.25, 0.3) is 0 Å². The molecule has 1 aromatic carbocycles. The van der Waals surface area contributed by atoms with Crippen LogP contribution in [0.25, 0.3) is 0 Å². The third kappa shape index (κ3) is 3.16. The van der Waals surface area contributed by atoms with E-state index >= 15 is 0 Å². The van der Waals surface area contributed by atoms with Gasteiger partial charge in [-0.05, 0) is 26.0 Å². The second kappa shape index (κ2) is 5.73. The highest BCUT2D eigenvalue weighted by atomic mass is 16.2. The quantitative estimate of drug-likeness (QED) is 0.857. The van der Waals surface area contributed by atoms with Gasteiger partial charge < -0.3 is 10.2 Å². The van der Waals surface area contributed by atoms with Crippen LogP contribution < -0.4 is 15.5 Å². The Balaban J connectivity index is 1.61. The van der Waals surface area contributed by atoms with Crippen LogP contribution in [0.2, 0.25) is 0 Å². The van der Waals surface area contributed by atoms with Crippen LogP contribution in [0.5, 0.6) is 0 Å². The molecule has 0 spiro atoms. The van der Waals surface area contributed by atoms with Crippen molar-refractivity contribution in [1.29, 1.82) is 0 Å². The predicted molar refractivity (Wildman–Crippen MR) is 83.5 cm³/mol. The first-order valence-electron chi connectivity index (χ1n) is 7.29. The molecule has 0 saturated carbocycles. The molecule has 2 aliphatic rings. The van der Waals surface area contributed by atoms with Gasteiger partial charge in [-0.25, -0.2) is 9.79 Å². The van der Waals surface area contributed by atoms with E-state index in [0.717, 1.165) is 26.2 Å². The number of urea groups is 1. The van der Waals surface area contributed by atoms with Gasteiger partial charge in [0.15, 0.2) is 6.29 Å². The standard InChI is InChI=1S/C15H21N5O/c1-11-3-5-13(6-4-11)19-7-9-20(10-8-19)14-16-12(2)17-15(21)18-14/h3-6,14H,7-10H2,1-2H3,(H2,16,17,18,21). The fourth-order valence-electron chi connectivity index (χ4n) is 2.72. The molecule has 0 aromatic heterocycles. The van der Waals surface area contributed by atoms with Gasteiger partial charge in [0.1, 0.15) is 5.84 Å². The van der Waals surface area contributed by atoms with Crippen LogP contribution in [-0.4, -0.2) is 49.2 Å². The van der Waals surface area contributed by atoms with Gasteiger partial charge in [0.2, 0.25) is 0 Å². The molecule has 1 fully saturated rings. The number of benzene rings is 1. The summed E-state index contributed by atoms with van der Waals surface area (Å²) in [5.41, 5.74) is 2.54. The molecule has 6 nitrogen and oxygen atoms in total. The maximum absolute atomic E-state index is 11.5. The average molecular weight is 287 g/mol. The largest absolute Gasteiger partial charge is 0.369 e. The van der Waals surface area contributed by atoms with Crippen LogP contribution in [0.4, 0.5) is 10.5 Å². The Kier molecular flexibility index (Phi) is 3.79. The van der Waals surface area contributed by atoms with E-state index in [0.29, 0.717) is 5.84 Å². The van der Waals surface area contributed by atoms with Crippen molar-refractivity contribution in [3.8, 4) is 0 Å². The van der Waals surface area contributed by atoms with Gasteiger partial charge in [-0.15, -0.1) is 0 Å². The Labute approximate surface area is 124 Å². The number of aryl methyl sites for hydroxylation is 1. The second-order valence-corrected chi connectivity index (χ2v) is 5.55. The first kappa shape index (κ1) is 13.9. The first-order chi connectivity index (χ1) is 10.1. The van der Waals surface area contributed by atoms with Crippen molar-refractivity contribution in [3.05, 3.63) is 29.8 Å². The van der Waals surface area contributed by atoms with Gasteiger partial charge in [-0.2, -0.15) is 0 Å². The molecule has 3 rings (SSSR count). The van der Waals surface area contributed by atoms with Gasteiger partial charge in [-0.3, -0.25) is 10.2 Å². The Morgan fingerprint density at radius 3 is 2.38 bits per heavy atom. The lowest BCUT2D eigenvalue weighted by Crippen LogP contribution is -2.59. The average Bonchev–Trinajstić information content (AvgIpc) is 2.47. The number of amides is 2. The van der Waals surface area contributed by atoms with E-state index in [1.54, 1.807) is 0 Å². The van der Waals surface area contributed by atoms with Crippen LogP contribution >= 0.6 is 0 Å². The summed E-state index contributed by atoms with van der Waals surface area (Å²) in [6, 6.07) is 8.44. The normalized spacial score (nSPS) is 23.3. The van der Waals surface area contributed by atoms with Gasteiger partial charge in [0, 0.05) is 31.9 Å². The molecule has 2 N–H and O–H groups in total. The fraction of sp³-hybridized carbons (Fsp3) is 0.467. The number of hydrogen-bond donors (Lipinski definition) is 2. The topological polar surface area (TPSA) is 60.0 Å². The molecule has 112 valence electrons. The lowest BCUT2D eigenvalue weighted by molar-refractivity contribution is 0.158. The summed E-state index contributed by atoms with van der Waals surface area (Å²) in [6.45, 7) is 7.57. The van der Waals surface area contributed by atoms with E-state index in [4.69, 9.17) is 0 Å². The summed E-state index contributed by atoms with van der Waals surface area (Å²) in [5, 5.41) is 5.50. The van der Waals surface area contributed by atoms with Crippen LogP contribution in [0.15, 0.2) is 29.3 Å². The zero-order valence-corrected chi connectivity index (χ0v) is 12.5. The summed E-state index contributed by atoms with van der Waals surface area (Å²) in [5.74, 6) is 0.671. The Hall–Kier alpha value is -2.08. The van der Waals surface area contributed by atoms with Crippen molar-refractivity contribution >= 4 is 17.6 Å².